The van der Waals surface area contributed by atoms with E-state index in [1.165, 1.54) is 64.2 Å². The molecule has 0 aliphatic rings. The van der Waals surface area contributed by atoms with Gasteiger partial charge in [0.2, 0.25) is 0 Å². The minimum absolute atomic E-state index is 0.997. The molecular weight excluding hydrogens is 182 g/mol. The highest BCUT2D eigenvalue weighted by Gasteiger charge is 1.92. The van der Waals surface area contributed by atoms with Crippen LogP contribution >= 0.6 is 0 Å². The second kappa shape index (κ2) is 14.0. The zero-order valence-corrected chi connectivity index (χ0v) is 10.9. The van der Waals surface area contributed by atoms with Gasteiger partial charge in [0.15, 0.2) is 0 Å². The summed E-state index contributed by atoms with van der Waals surface area (Å²) in [4.78, 5) is 0. The first-order valence-electron chi connectivity index (χ1n) is 7.05. The molecule has 0 saturated heterocycles. The Morgan fingerprint density at radius 1 is 0.600 bits per heavy atom. The second-order valence-electron chi connectivity index (χ2n) is 4.45. The van der Waals surface area contributed by atoms with Crippen LogP contribution in [0.2, 0.25) is 0 Å². The Bertz CT molecular complexity index is 89.5. The average molecular weight is 212 g/mol. The van der Waals surface area contributed by atoms with Crippen LogP contribution in [0, 0.1) is 0 Å². The van der Waals surface area contributed by atoms with Gasteiger partial charge in [-0.3, -0.25) is 0 Å². The van der Waals surface area contributed by atoms with Crippen molar-refractivity contribution >= 4 is 0 Å². The first kappa shape index (κ1) is 15.0. The van der Waals surface area contributed by atoms with Crippen molar-refractivity contribution in [1.82, 2.24) is 5.32 Å². The van der Waals surface area contributed by atoms with Gasteiger partial charge in [0.1, 0.15) is 0 Å². The lowest BCUT2D eigenvalue weighted by atomic mass is 10.1. The standard InChI is InChI=1S/C14H30N/c1-3-5-6-7-8-9-10-11-12-13-14-15-4-2/h3-14H2,1-2H3. The van der Waals surface area contributed by atoms with Crippen molar-refractivity contribution in [3.8, 4) is 0 Å². The summed E-state index contributed by atoms with van der Waals surface area (Å²) < 4.78 is 0. The third kappa shape index (κ3) is 14.0. The summed E-state index contributed by atoms with van der Waals surface area (Å²) >= 11 is 0. The van der Waals surface area contributed by atoms with Crippen LogP contribution in [-0.2, 0) is 0 Å². The molecule has 1 nitrogen and oxygen atoms in total. The summed E-state index contributed by atoms with van der Waals surface area (Å²) in [7, 11) is 0. The zero-order valence-electron chi connectivity index (χ0n) is 10.9. The maximum Gasteiger partial charge on any atom is 0.0133 e. The van der Waals surface area contributed by atoms with Gasteiger partial charge in [-0.1, -0.05) is 71.6 Å². The Labute approximate surface area is 97.0 Å². The number of rotatable bonds is 12. The van der Waals surface area contributed by atoms with Crippen LogP contribution in [0.5, 0.6) is 0 Å². The lowest BCUT2D eigenvalue weighted by Gasteiger charge is -2.02. The van der Waals surface area contributed by atoms with Crippen LogP contribution < -0.4 is 5.32 Å². The van der Waals surface area contributed by atoms with Crippen molar-refractivity contribution in [3.63, 3.8) is 0 Å². The smallest absolute Gasteiger partial charge is 0.0133 e. The maximum absolute atomic E-state index is 4.34. The Kier molecular flexibility index (Phi) is 13.9. The monoisotopic (exact) mass is 212 g/mol. The Morgan fingerprint density at radius 3 is 1.53 bits per heavy atom. The molecule has 0 unspecified atom stereocenters. The Morgan fingerprint density at radius 2 is 1.07 bits per heavy atom. The van der Waals surface area contributed by atoms with E-state index >= 15 is 0 Å². The fourth-order valence-electron chi connectivity index (χ4n) is 1.87. The quantitative estimate of drug-likeness (QED) is 0.422. The zero-order chi connectivity index (χ0) is 11.2. The van der Waals surface area contributed by atoms with Gasteiger partial charge in [-0.25, -0.2) is 5.32 Å². The molecule has 91 valence electrons. The predicted octanol–water partition coefficient (Wildman–Crippen LogP) is 4.53. The van der Waals surface area contributed by atoms with Gasteiger partial charge >= 0.3 is 0 Å². The van der Waals surface area contributed by atoms with Crippen molar-refractivity contribution in [2.45, 2.75) is 78.1 Å². The molecule has 0 bridgehead atoms. The summed E-state index contributed by atoms with van der Waals surface area (Å²) in [6.07, 6.45) is 14.2. The fraction of sp³-hybridized carbons (Fsp3) is 1.00. The van der Waals surface area contributed by atoms with Gasteiger partial charge in [0.25, 0.3) is 0 Å². The van der Waals surface area contributed by atoms with Crippen LogP contribution in [-0.4, -0.2) is 13.1 Å². The molecule has 0 aromatic rings. The van der Waals surface area contributed by atoms with Crippen LogP contribution in [0.4, 0.5) is 0 Å². The van der Waals surface area contributed by atoms with E-state index in [1.54, 1.807) is 0 Å². The molecular formula is C14H30N. The molecule has 0 aromatic heterocycles. The van der Waals surface area contributed by atoms with E-state index < -0.39 is 0 Å². The Balaban J connectivity index is 2.81. The molecule has 0 aromatic carbocycles. The lowest BCUT2D eigenvalue weighted by Crippen LogP contribution is -2.04. The summed E-state index contributed by atoms with van der Waals surface area (Å²) in [6, 6.07) is 0. The van der Waals surface area contributed by atoms with Crippen molar-refractivity contribution in [2.75, 3.05) is 13.1 Å². The van der Waals surface area contributed by atoms with Crippen molar-refractivity contribution < 1.29 is 0 Å². The van der Waals surface area contributed by atoms with E-state index in [9.17, 15) is 0 Å². The molecule has 15 heavy (non-hydrogen) atoms. The highest BCUT2D eigenvalue weighted by atomic mass is 14.8. The van der Waals surface area contributed by atoms with E-state index in [4.69, 9.17) is 0 Å². The first-order valence-corrected chi connectivity index (χ1v) is 7.05. The third-order valence-corrected chi connectivity index (χ3v) is 2.89. The second-order valence-corrected chi connectivity index (χ2v) is 4.45. The number of unbranched alkanes of at least 4 members (excludes halogenated alkanes) is 9. The third-order valence-electron chi connectivity index (χ3n) is 2.89. The molecule has 0 fully saturated rings. The first-order chi connectivity index (χ1) is 7.41. The minimum atomic E-state index is 0.997. The maximum atomic E-state index is 4.34. The lowest BCUT2D eigenvalue weighted by molar-refractivity contribution is 0.545. The van der Waals surface area contributed by atoms with Gasteiger partial charge in [-0.15, -0.1) is 0 Å². The number of hydrogen-bond acceptors (Lipinski definition) is 0. The molecule has 0 atom stereocenters. The van der Waals surface area contributed by atoms with Crippen LogP contribution in [0.1, 0.15) is 78.1 Å². The molecule has 0 aliphatic carbocycles. The van der Waals surface area contributed by atoms with Crippen LogP contribution in [0.3, 0.4) is 0 Å². The molecule has 0 heterocycles. The summed E-state index contributed by atoms with van der Waals surface area (Å²) in [5.74, 6) is 0. The molecule has 1 radical (unpaired) electrons. The normalized spacial score (nSPS) is 10.8. The van der Waals surface area contributed by atoms with Gasteiger partial charge in [-0.2, -0.15) is 0 Å². The van der Waals surface area contributed by atoms with E-state index in [0.717, 1.165) is 13.1 Å². The molecule has 0 N–H and O–H groups in total. The molecule has 0 amide bonds. The summed E-state index contributed by atoms with van der Waals surface area (Å²) in [5, 5.41) is 4.34. The molecule has 0 aliphatic heterocycles. The van der Waals surface area contributed by atoms with Crippen LogP contribution in [0.25, 0.3) is 0 Å². The minimum Gasteiger partial charge on any atom is -0.242 e. The van der Waals surface area contributed by atoms with E-state index in [1.807, 2.05) is 0 Å². The molecule has 0 saturated carbocycles. The van der Waals surface area contributed by atoms with Crippen molar-refractivity contribution in [3.05, 3.63) is 0 Å². The predicted molar refractivity (Wildman–Crippen MR) is 69.4 cm³/mol. The van der Waals surface area contributed by atoms with Gasteiger partial charge in [0.05, 0.1) is 0 Å². The average Bonchev–Trinajstić information content (AvgIpc) is 2.26. The van der Waals surface area contributed by atoms with Gasteiger partial charge < -0.3 is 0 Å². The van der Waals surface area contributed by atoms with E-state index in [2.05, 4.69) is 19.2 Å². The van der Waals surface area contributed by atoms with Crippen molar-refractivity contribution in [2.24, 2.45) is 0 Å². The van der Waals surface area contributed by atoms with Crippen molar-refractivity contribution in [1.29, 1.82) is 0 Å². The fourth-order valence-corrected chi connectivity index (χ4v) is 1.87. The Hall–Kier alpha value is -0.0400. The molecule has 0 spiro atoms. The number of nitrogens with zero attached hydrogens (tertiary/aromatic N) is 1. The summed E-state index contributed by atoms with van der Waals surface area (Å²) in [5.41, 5.74) is 0. The topological polar surface area (TPSA) is 14.1 Å². The highest BCUT2D eigenvalue weighted by molar-refractivity contribution is 4.49. The molecule has 0 rings (SSSR count). The van der Waals surface area contributed by atoms with E-state index in [0.29, 0.717) is 0 Å². The van der Waals surface area contributed by atoms with Gasteiger partial charge in [0, 0.05) is 13.1 Å². The highest BCUT2D eigenvalue weighted by Crippen LogP contribution is 2.10. The van der Waals surface area contributed by atoms with E-state index in [-0.39, 0.29) is 0 Å². The molecule has 1 heteroatoms. The SMILES string of the molecule is CCCCCCCCCCCC[N]CC. The van der Waals surface area contributed by atoms with Crippen LogP contribution in [0.15, 0.2) is 0 Å². The summed E-state index contributed by atoms with van der Waals surface area (Å²) in [6.45, 7) is 6.49. The van der Waals surface area contributed by atoms with Gasteiger partial charge in [-0.05, 0) is 6.42 Å². The number of hydrogen-bond donors (Lipinski definition) is 0. The largest absolute Gasteiger partial charge is 0.242 e.